The summed E-state index contributed by atoms with van der Waals surface area (Å²) < 4.78 is 51.6. The van der Waals surface area contributed by atoms with Gasteiger partial charge in [-0.2, -0.15) is 0 Å². The summed E-state index contributed by atoms with van der Waals surface area (Å²) in [5.74, 6) is -0.515. The van der Waals surface area contributed by atoms with Crippen LogP contribution in [0.2, 0.25) is 0 Å². The summed E-state index contributed by atoms with van der Waals surface area (Å²) in [4.78, 5) is 41.9. The fourth-order valence-corrected chi connectivity index (χ4v) is 8.42. The van der Waals surface area contributed by atoms with Crippen molar-refractivity contribution in [3.8, 4) is 11.5 Å². The SMILES string of the molecule is O=C(N[C@@H](Cc1ccccc1)[C@H](O)CN[C@H]1CC2(CCCC2)Oc2ccc(OC(F)(F)F)cc21)c1cc(N2CCCC2=O)c(=O)n(C2CCCC2)c1. The summed E-state index contributed by atoms with van der Waals surface area (Å²) in [7, 11) is 0. The Balaban J connectivity index is 1.15. The van der Waals surface area contributed by atoms with Crippen LogP contribution >= 0.6 is 0 Å². The standard InChI is InChI=1S/C39H45F3N4O6/c40-39(41,42)51-28-14-15-34-29(21-28)31(22-38(52-34)16-6-7-17-38)43-23-33(47)30(19-25-9-2-1-3-10-25)44-36(49)26-20-32(45-18-8-13-35(45)48)37(50)46(24-26)27-11-4-5-12-27/h1-3,9-10,14-15,20-21,24,27,30-31,33,43,47H,4-8,11-13,16-19,22-23H2,(H,44,49)/t30-,31-,33+/m0/s1. The van der Waals surface area contributed by atoms with Gasteiger partial charge >= 0.3 is 6.36 Å². The van der Waals surface area contributed by atoms with Gasteiger partial charge < -0.3 is 34.7 Å². The quantitative estimate of drug-likeness (QED) is 0.218. The van der Waals surface area contributed by atoms with Gasteiger partial charge in [0.25, 0.3) is 11.5 Å². The van der Waals surface area contributed by atoms with Gasteiger partial charge in [0.1, 0.15) is 22.8 Å². The largest absolute Gasteiger partial charge is 0.573 e. The maximum absolute atomic E-state index is 14.1. The minimum absolute atomic E-state index is 0.0113. The summed E-state index contributed by atoms with van der Waals surface area (Å²) >= 11 is 0. The number of anilines is 1. The van der Waals surface area contributed by atoms with Crippen molar-refractivity contribution in [1.29, 1.82) is 0 Å². The molecule has 3 aromatic rings. The van der Waals surface area contributed by atoms with Crippen LogP contribution in [0.1, 0.15) is 104 Å². The van der Waals surface area contributed by atoms with Crippen LogP contribution in [0.3, 0.4) is 0 Å². The van der Waals surface area contributed by atoms with Crippen molar-refractivity contribution in [2.75, 3.05) is 18.0 Å². The molecule has 3 fully saturated rings. The van der Waals surface area contributed by atoms with E-state index in [1.165, 1.54) is 29.2 Å². The van der Waals surface area contributed by atoms with Gasteiger partial charge in [-0.3, -0.25) is 14.4 Å². The number of carbonyl (C=O) groups is 2. The number of ether oxygens (including phenoxy) is 2. The average molecular weight is 723 g/mol. The maximum Gasteiger partial charge on any atom is 0.573 e. The van der Waals surface area contributed by atoms with Gasteiger partial charge in [-0.25, -0.2) is 0 Å². The number of rotatable bonds is 11. The molecule has 1 spiro atoms. The Bertz CT molecular complexity index is 1820. The Kier molecular flexibility index (Phi) is 10.3. The normalized spacial score (nSPS) is 21.2. The molecule has 2 aliphatic carbocycles. The van der Waals surface area contributed by atoms with Crippen LogP contribution in [0, 0.1) is 0 Å². The van der Waals surface area contributed by atoms with E-state index in [0.717, 1.165) is 56.9 Å². The first-order valence-electron chi connectivity index (χ1n) is 18.4. The highest BCUT2D eigenvalue weighted by Crippen LogP contribution is 2.48. The van der Waals surface area contributed by atoms with E-state index in [1.54, 1.807) is 10.8 Å². The lowest BCUT2D eigenvalue weighted by molar-refractivity contribution is -0.274. The van der Waals surface area contributed by atoms with Gasteiger partial charge in [-0.15, -0.1) is 13.2 Å². The minimum Gasteiger partial charge on any atom is -0.487 e. The van der Waals surface area contributed by atoms with Gasteiger partial charge in [0.05, 0.1) is 17.7 Å². The molecule has 0 unspecified atom stereocenters. The molecule has 0 bridgehead atoms. The Hall–Kier alpha value is -4.36. The van der Waals surface area contributed by atoms with Crippen LogP contribution in [0.5, 0.6) is 11.5 Å². The number of aliphatic hydroxyl groups is 1. The topological polar surface area (TPSA) is 122 Å². The van der Waals surface area contributed by atoms with E-state index >= 15 is 0 Å². The first-order chi connectivity index (χ1) is 25.0. The van der Waals surface area contributed by atoms with Crippen molar-refractivity contribution in [1.82, 2.24) is 15.2 Å². The molecule has 4 aliphatic rings. The first kappa shape index (κ1) is 36.0. The molecule has 0 radical (unpaired) electrons. The summed E-state index contributed by atoms with van der Waals surface area (Å²) in [6.45, 7) is 0.419. The molecule has 278 valence electrons. The predicted molar refractivity (Wildman–Crippen MR) is 188 cm³/mol. The number of nitrogens with one attached hydrogen (secondary N) is 2. The molecule has 3 heterocycles. The van der Waals surface area contributed by atoms with E-state index < -0.39 is 36.1 Å². The van der Waals surface area contributed by atoms with E-state index in [4.69, 9.17) is 4.74 Å². The lowest BCUT2D eigenvalue weighted by atomic mass is 9.85. The van der Waals surface area contributed by atoms with Crippen molar-refractivity contribution in [2.45, 2.75) is 113 Å². The average Bonchev–Trinajstić information content (AvgIpc) is 3.90. The van der Waals surface area contributed by atoms with Crippen LogP contribution in [-0.2, 0) is 11.2 Å². The molecule has 2 amide bonds. The molecule has 52 heavy (non-hydrogen) atoms. The number of hydrogen-bond acceptors (Lipinski definition) is 7. The monoisotopic (exact) mass is 722 g/mol. The second-order valence-corrected chi connectivity index (χ2v) is 14.7. The summed E-state index contributed by atoms with van der Waals surface area (Å²) in [5, 5.41) is 18.2. The van der Waals surface area contributed by atoms with Crippen LogP contribution in [0.25, 0.3) is 0 Å². The molecular weight excluding hydrogens is 677 g/mol. The van der Waals surface area contributed by atoms with Crippen molar-refractivity contribution >= 4 is 17.5 Å². The van der Waals surface area contributed by atoms with Gasteiger partial charge in [-0.05, 0) is 81.2 Å². The fraction of sp³-hybridized carbons (Fsp3) is 0.513. The van der Waals surface area contributed by atoms with Gasteiger partial charge in [0, 0.05) is 49.8 Å². The van der Waals surface area contributed by atoms with E-state index in [0.29, 0.717) is 37.1 Å². The third-order valence-corrected chi connectivity index (χ3v) is 11.0. The number of halogens is 3. The lowest BCUT2D eigenvalue weighted by Crippen LogP contribution is -2.50. The molecule has 10 nitrogen and oxygen atoms in total. The fourth-order valence-electron chi connectivity index (χ4n) is 8.42. The third-order valence-electron chi connectivity index (χ3n) is 11.0. The van der Waals surface area contributed by atoms with Gasteiger partial charge in [0.15, 0.2) is 0 Å². The molecule has 1 saturated heterocycles. The Labute approximate surface area is 300 Å². The number of fused-ring (bicyclic) bond motifs is 1. The predicted octanol–water partition coefficient (Wildman–Crippen LogP) is 6.12. The lowest BCUT2D eigenvalue weighted by Gasteiger charge is -2.41. The number of hydrogen-bond donors (Lipinski definition) is 3. The molecule has 13 heteroatoms. The second-order valence-electron chi connectivity index (χ2n) is 14.7. The highest BCUT2D eigenvalue weighted by molar-refractivity contribution is 5.98. The summed E-state index contributed by atoms with van der Waals surface area (Å²) in [6.07, 6.45) is 4.49. The zero-order valence-electron chi connectivity index (χ0n) is 29.0. The minimum atomic E-state index is -4.85. The van der Waals surface area contributed by atoms with Gasteiger partial charge in [-0.1, -0.05) is 43.2 Å². The number of pyridine rings is 1. The van der Waals surface area contributed by atoms with Crippen molar-refractivity contribution < 1.29 is 37.3 Å². The zero-order chi connectivity index (χ0) is 36.5. The maximum atomic E-state index is 14.1. The number of nitrogens with zero attached hydrogens (tertiary/aromatic N) is 2. The highest BCUT2D eigenvalue weighted by Gasteiger charge is 2.44. The number of alkyl halides is 3. The molecule has 2 aliphatic heterocycles. The second kappa shape index (κ2) is 14.9. The molecule has 1 aromatic heterocycles. The van der Waals surface area contributed by atoms with Crippen molar-refractivity contribution in [2.24, 2.45) is 0 Å². The third kappa shape index (κ3) is 8.00. The van der Waals surface area contributed by atoms with Crippen LogP contribution in [-0.4, -0.2) is 58.7 Å². The Morgan fingerprint density at radius 1 is 1.02 bits per heavy atom. The van der Waals surface area contributed by atoms with E-state index in [2.05, 4.69) is 15.4 Å². The number of aliphatic hydroxyl groups excluding tert-OH is 1. The molecular formula is C39H45F3N4O6. The van der Waals surface area contributed by atoms with E-state index in [9.17, 15) is 32.7 Å². The van der Waals surface area contributed by atoms with Crippen molar-refractivity contribution in [3.05, 3.63) is 87.8 Å². The van der Waals surface area contributed by atoms with Gasteiger partial charge in [0.2, 0.25) is 5.91 Å². The highest BCUT2D eigenvalue weighted by atomic mass is 19.4. The number of aromatic nitrogens is 1. The van der Waals surface area contributed by atoms with Crippen LogP contribution < -0.4 is 30.6 Å². The first-order valence-corrected chi connectivity index (χ1v) is 18.4. The van der Waals surface area contributed by atoms with Crippen LogP contribution in [0.4, 0.5) is 18.9 Å². The Morgan fingerprint density at radius 3 is 2.46 bits per heavy atom. The van der Waals surface area contributed by atoms with Crippen LogP contribution in [0.15, 0.2) is 65.6 Å². The Morgan fingerprint density at radius 2 is 1.77 bits per heavy atom. The molecule has 7 rings (SSSR count). The van der Waals surface area contributed by atoms with E-state index in [-0.39, 0.29) is 47.5 Å². The summed E-state index contributed by atoms with van der Waals surface area (Å²) in [6, 6.07) is 13.7. The summed E-state index contributed by atoms with van der Waals surface area (Å²) in [5.41, 5.74) is 1.05. The zero-order valence-corrected chi connectivity index (χ0v) is 29.0. The molecule has 3 N–H and O–H groups in total. The molecule has 2 saturated carbocycles. The number of carbonyl (C=O) groups excluding carboxylic acids is 2. The number of amides is 2. The van der Waals surface area contributed by atoms with Crippen molar-refractivity contribution in [3.63, 3.8) is 0 Å². The smallest absolute Gasteiger partial charge is 0.487 e. The molecule has 3 atom stereocenters. The van der Waals surface area contributed by atoms with E-state index in [1.807, 2.05) is 30.3 Å². The molecule has 2 aromatic carbocycles. The number of benzene rings is 2.